The third-order valence-electron chi connectivity index (χ3n) is 14.9. The SMILES string of the molecule is C=C(/C=C(\C=C(/N)n1c2ccccc2c2ccccc21)NC1C=CC=C(NC(=C/C(CC)n2c3ccccc3c3ccccc32)/C=C(\N)n2c3ccccc3c3ccccc32)C1)n1c2ccccc2c2ccccc21. The van der Waals surface area contributed by atoms with Gasteiger partial charge in [0.1, 0.15) is 11.6 Å². The summed E-state index contributed by atoms with van der Waals surface area (Å²) < 4.78 is 9.05. The molecule has 2 atom stereocenters. The van der Waals surface area contributed by atoms with Crippen molar-refractivity contribution in [3.8, 4) is 0 Å². The van der Waals surface area contributed by atoms with Crippen LogP contribution in [-0.2, 0) is 0 Å². The second-order valence-corrected chi connectivity index (χ2v) is 19.5. The fourth-order valence-electron chi connectivity index (χ4n) is 11.7. The van der Waals surface area contributed by atoms with E-state index in [0.717, 1.165) is 83.9 Å². The Kier molecular flexibility index (Phi) is 11.3. The van der Waals surface area contributed by atoms with E-state index in [0.29, 0.717) is 18.1 Å². The molecule has 8 aromatic carbocycles. The van der Waals surface area contributed by atoms with Crippen LogP contribution in [0.5, 0.6) is 0 Å². The zero-order valence-electron chi connectivity index (χ0n) is 41.7. The van der Waals surface area contributed by atoms with Crippen LogP contribution in [-0.4, -0.2) is 24.3 Å². The summed E-state index contributed by atoms with van der Waals surface area (Å²) in [5.41, 5.74) is 27.0. The van der Waals surface area contributed by atoms with Crippen molar-refractivity contribution in [2.45, 2.75) is 31.8 Å². The predicted molar refractivity (Wildman–Crippen MR) is 317 cm³/mol. The molecule has 75 heavy (non-hydrogen) atoms. The highest BCUT2D eigenvalue weighted by atomic mass is 15.1. The summed E-state index contributed by atoms with van der Waals surface area (Å²) in [4.78, 5) is 0. The Morgan fingerprint density at radius 2 is 0.840 bits per heavy atom. The van der Waals surface area contributed by atoms with Gasteiger partial charge in [0.15, 0.2) is 0 Å². The van der Waals surface area contributed by atoms with Gasteiger partial charge in [0.25, 0.3) is 0 Å². The number of aromatic nitrogens is 4. The Morgan fingerprint density at radius 3 is 1.24 bits per heavy atom. The number of allylic oxidation sites excluding steroid dienone is 7. The van der Waals surface area contributed by atoms with Gasteiger partial charge < -0.3 is 31.2 Å². The minimum absolute atomic E-state index is 0.0106. The van der Waals surface area contributed by atoms with Crippen molar-refractivity contribution in [1.29, 1.82) is 0 Å². The Hall–Kier alpha value is -9.66. The molecule has 0 amide bonds. The van der Waals surface area contributed by atoms with Gasteiger partial charge in [0, 0.05) is 95.5 Å². The molecule has 0 saturated heterocycles. The first-order valence-electron chi connectivity index (χ1n) is 25.8. The van der Waals surface area contributed by atoms with E-state index in [1.807, 2.05) is 0 Å². The largest absolute Gasteiger partial charge is 0.385 e. The number of nitrogens with one attached hydrogen (secondary N) is 2. The van der Waals surface area contributed by atoms with E-state index < -0.39 is 0 Å². The third-order valence-corrected chi connectivity index (χ3v) is 14.9. The number of para-hydroxylation sites is 8. The second kappa shape index (κ2) is 18.7. The first kappa shape index (κ1) is 45.2. The van der Waals surface area contributed by atoms with Gasteiger partial charge in [-0.1, -0.05) is 171 Å². The molecule has 0 aliphatic heterocycles. The lowest BCUT2D eigenvalue weighted by Crippen LogP contribution is -2.31. The minimum atomic E-state index is -0.129. The topological polar surface area (TPSA) is 95.8 Å². The lowest BCUT2D eigenvalue weighted by molar-refractivity contribution is 0.611. The predicted octanol–water partition coefficient (Wildman–Crippen LogP) is 15.3. The van der Waals surface area contributed by atoms with E-state index in [9.17, 15) is 0 Å². The number of rotatable bonds is 13. The van der Waals surface area contributed by atoms with Gasteiger partial charge in [-0.2, -0.15) is 0 Å². The zero-order valence-corrected chi connectivity index (χ0v) is 41.7. The molecule has 0 spiro atoms. The molecular weight excluding hydrogens is 917 g/mol. The van der Waals surface area contributed by atoms with Gasteiger partial charge in [-0.25, -0.2) is 0 Å². The summed E-state index contributed by atoms with van der Waals surface area (Å²) in [5, 5.41) is 17.3. The lowest BCUT2D eigenvalue weighted by atomic mass is 10.0. The van der Waals surface area contributed by atoms with Gasteiger partial charge in [-0.3, -0.25) is 9.13 Å². The number of hydrogen-bond donors (Lipinski definition) is 4. The van der Waals surface area contributed by atoms with Crippen molar-refractivity contribution in [3.05, 3.63) is 260 Å². The Labute approximate surface area is 435 Å². The Balaban J connectivity index is 0.901. The molecule has 8 nitrogen and oxygen atoms in total. The molecule has 0 radical (unpaired) electrons. The van der Waals surface area contributed by atoms with Crippen molar-refractivity contribution in [1.82, 2.24) is 28.9 Å². The first-order valence-corrected chi connectivity index (χ1v) is 25.8. The van der Waals surface area contributed by atoms with Crippen molar-refractivity contribution < 1.29 is 0 Å². The summed E-state index contributed by atoms with van der Waals surface area (Å²) >= 11 is 0. The smallest absolute Gasteiger partial charge is 0.110 e. The number of nitrogens with two attached hydrogens (primary N) is 2. The molecule has 1 aliphatic rings. The summed E-state index contributed by atoms with van der Waals surface area (Å²) in [6.07, 6.45) is 16.6. The summed E-state index contributed by atoms with van der Waals surface area (Å²) in [5.74, 6) is 1.20. The van der Waals surface area contributed by atoms with Gasteiger partial charge in [-0.05, 0) is 73.2 Å². The Morgan fingerprint density at radius 1 is 0.493 bits per heavy atom. The molecule has 2 unspecified atom stereocenters. The maximum atomic E-state index is 7.35. The maximum Gasteiger partial charge on any atom is 0.110 e. The third kappa shape index (κ3) is 7.86. The highest BCUT2D eigenvalue weighted by molar-refractivity contribution is 6.12. The van der Waals surface area contributed by atoms with Gasteiger partial charge in [0.2, 0.25) is 0 Å². The van der Waals surface area contributed by atoms with E-state index in [2.05, 4.69) is 272 Å². The standard InChI is InChI=1S/C67H56N8/c1-3-49(73-60-33-14-6-25-52(60)53-26-7-15-34-61(53)73)41-48(43-67(69)75-64-37-18-10-29-56(64)57-30-11-19-38-65(57)75)71-46-22-20-21-45(40-46)70-47(39-44(2)72-58-31-12-4-23-50(58)51-24-5-13-32-59(51)72)42-66(68)74-62-35-16-8-27-54(62)55-28-9-17-36-63(55)74/h4-39,41-43,45,49,70-71H,2-3,40,68-69H2,1H3/b47-39+,48-41+,66-42+,67-43+. The second-order valence-electron chi connectivity index (χ2n) is 19.5. The number of nitrogens with zero attached hydrogens (tertiary/aromatic N) is 4. The van der Waals surface area contributed by atoms with Crippen molar-refractivity contribution >= 4 is 105 Å². The van der Waals surface area contributed by atoms with E-state index in [-0.39, 0.29) is 12.1 Å². The number of benzene rings is 8. The van der Waals surface area contributed by atoms with Crippen molar-refractivity contribution in [3.63, 3.8) is 0 Å². The van der Waals surface area contributed by atoms with Crippen LogP contribution in [0, 0.1) is 0 Å². The van der Waals surface area contributed by atoms with E-state index in [1.54, 1.807) is 0 Å². The molecule has 0 saturated carbocycles. The van der Waals surface area contributed by atoms with Gasteiger partial charge >= 0.3 is 0 Å². The molecule has 4 heterocycles. The summed E-state index contributed by atoms with van der Waals surface area (Å²) in [6.45, 7) is 6.99. The van der Waals surface area contributed by atoms with Crippen LogP contribution in [0.2, 0.25) is 0 Å². The van der Waals surface area contributed by atoms with Crippen LogP contribution >= 0.6 is 0 Å². The molecular formula is C67H56N8. The maximum absolute atomic E-state index is 7.35. The van der Waals surface area contributed by atoms with Crippen LogP contribution in [0.1, 0.15) is 25.8 Å². The average molecular weight is 973 g/mol. The monoisotopic (exact) mass is 972 g/mol. The van der Waals surface area contributed by atoms with Crippen LogP contribution in [0.3, 0.4) is 0 Å². The van der Waals surface area contributed by atoms with Crippen molar-refractivity contribution in [2.75, 3.05) is 0 Å². The number of hydrogen-bond acceptors (Lipinski definition) is 4. The normalized spacial score (nSPS) is 15.3. The average Bonchev–Trinajstić information content (AvgIpc) is 4.18. The van der Waals surface area contributed by atoms with E-state index >= 15 is 0 Å². The molecule has 364 valence electrons. The van der Waals surface area contributed by atoms with Gasteiger partial charge in [-0.15, -0.1) is 0 Å². The molecule has 4 aromatic heterocycles. The molecule has 1 aliphatic carbocycles. The van der Waals surface area contributed by atoms with Crippen LogP contribution in [0.15, 0.2) is 260 Å². The van der Waals surface area contributed by atoms with Crippen LogP contribution in [0.25, 0.3) is 105 Å². The quantitative estimate of drug-likeness (QED) is 0.0866. The fraction of sp³-hybridized carbons (Fsp3) is 0.0746. The first-order chi connectivity index (χ1) is 36.9. The molecule has 8 heteroatoms. The molecule has 0 fully saturated rings. The zero-order chi connectivity index (χ0) is 50.6. The lowest BCUT2D eigenvalue weighted by Gasteiger charge is -2.25. The van der Waals surface area contributed by atoms with E-state index in [4.69, 9.17) is 18.0 Å². The molecule has 13 rings (SSSR count). The molecule has 12 aromatic rings. The molecule has 6 N–H and O–H groups in total. The summed E-state index contributed by atoms with van der Waals surface area (Å²) in [7, 11) is 0. The number of fused-ring (bicyclic) bond motifs is 12. The molecule has 0 bridgehead atoms. The van der Waals surface area contributed by atoms with Crippen LogP contribution < -0.4 is 22.1 Å². The fourth-order valence-corrected chi connectivity index (χ4v) is 11.7. The highest BCUT2D eigenvalue weighted by Gasteiger charge is 2.21. The van der Waals surface area contributed by atoms with Gasteiger partial charge in [0.05, 0.1) is 45.2 Å². The van der Waals surface area contributed by atoms with E-state index in [1.165, 1.54) is 32.6 Å². The van der Waals surface area contributed by atoms with Crippen molar-refractivity contribution in [2.24, 2.45) is 11.5 Å². The summed E-state index contributed by atoms with van der Waals surface area (Å²) in [6, 6.07) is 68.2. The minimum Gasteiger partial charge on any atom is -0.385 e. The Bertz CT molecular complexity index is 4230. The van der Waals surface area contributed by atoms with Crippen LogP contribution in [0.4, 0.5) is 0 Å². The highest BCUT2D eigenvalue weighted by Crippen LogP contribution is 2.37.